The number of nitrogens with one attached hydrogen (secondary N) is 1. The average molecular weight is 672 g/mol. The molecule has 4 rings (SSSR count). The number of benzene rings is 2. The minimum Gasteiger partial charge on any atom is -0.383 e. The summed E-state index contributed by atoms with van der Waals surface area (Å²) >= 11 is 0. The van der Waals surface area contributed by atoms with Crippen molar-refractivity contribution in [1.82, 2.24) is 9.88 Å². The minimum absolute atomic E-state index is 0.0646. The highest BCUT2D eigenvalue weighted by molar-refractivity contribution is 7.91. The number of methoxy groups -OCH3 is 1. The fourth-order valence-corrected chi connectivity index (χ4v) is 6.88. The lowest BCUT2D eigenvalue weighted by molar-refractivity contribution is 0.0418. The molecule has 2 heterocycles. The Morgan fingerprint density at radius 1 is 1.04 bits per heavy atom. The summed E-state index contributed by atoms with van der Waals surface area (Å²) in [6.07, 6.45) is 2.82. The number of nitrogens with zero attached hydrogens (tertiary/aromatic N) is 4. The molecule has 0 spiro atoms. The molecule has 12 nitrogen and oxygen atoms in total. The van der Waals surface area contributed by atoms with Crippen LogP contribution in [0.2, 0.25) is 0 Å². The molecule has 46 heavy (non-hydrogen) atoms. The van der Waals surface area contributed by atoms with Gasteiger partial charge in [0.15, 0.2) is 19.7 Å². The largest absolute Gasteiger partial charge is 0.383 e. The zero-order valence-electron chi connectivity index (χ0n) is 25.8. The van der Waals surface area contributed by atoms with Crippen LogP contribution in [0.4, 0.5) is 15.9 Å². The van der Waals surface area contributed by atoms with E-state index < -0.39 is 46.9 Å². The second-order valence-electron chi connectivity index (χ2n) is 11.1. The van der Waals surface area contributed by atoms with E-state index in [0.29, 0.717) is 30.1 Å². The summed E-state index contributed by atoms with van der Waals surface area (Å²) in [7, 11) is -4.87. The van der Waals surface area contributed by atoms with E-state index in [1.807, 2.05) is 11.0 Å². The van der Waals surface area contributed by atoms with E-state index >= 15 is 4.39 Å². The molecule has 0 bridgehead atoms. The number of nitriles is 1. The van der Waals surface area contributed by atoms with Crippen LogP contribution in [0.1, 0.15) is 44.7 Å². The second kappa shape index (κ2) is 13.5. The van der Waals surface area contributed by atoms with Gasteiger partial charge in [0.25, 0.3) is 11.8 Å². The van der Waals surface area contributed by atoms with Crippen LogP contribution < -0.4 is 10.2 Å². The van der Waals surface area contributed by atoms with Crippen LogP contribution in [-0.2, 0) is 30.1 Å². The molecule has 1 N–H and O–H groups in total. The molecule has 1 aromatic heterocycles. The van der Waals surface area contributed by atoms with Crippen molar-refractivity contribution in [2.75, 3.05) is 63.1 Å². The molecule has 3 aromatic rings. The number of piperidine rings is 1. The van der Waals surface area contributed by atoms with Gasteiger partial charge < -0.3 is 19.9 Å². The van der Waals surface area contributed by atoms with Crippen LogP contribution in [0.25, 0.3) is 0 Å². The Morgan fingerprint density at radius 2 is 1.67 bits per heavy atom. The molecular formula is C31H34FN5O7S2. The van der Waals surface area contributed by atoms with Crippen molar-refractivity contribution in [3.8, 4) is 6.07 Å². The number of rotatable bonds is 10. The zero-order valence-corrected chi connectivity index (χ0v) is 27.4. The zero-order chi connectivity index (χ0) is 33.9. The maximum Gasteiger partial charge on any atom is 0.257 e. The standard InChI is InChI=1S/C31H34FN5O7S2/c1-36(15-16-44-2)28-10-7-22(20-34-28)29(38)35-25-17-24(26(45(3,40)41)18-27(25)46(4,42)43)30(39)37-13-11-31(32,12-14-37)23-8-5-21(19-33)6-9-23/h5-10,17-18,20H,11-16H2,1-4H3,(H,35,38). The Kier molecular flexibility index (Phi) is 10.1. The number of carbonyl (C=O) groups is 2. The minimum atomic E-state index is -4.14. The molecule has 0 unspecified atom stereocenters. The van der Waals surface area contributed by atoms with Gasteiger partial charge in [-0.3, -0.25) is 9.59 Å². The Labute approximate surface area is 267 Å². The van der Waals surface area contributed by atoms with Crippen LogP contribution in [0.15, 0.2) is 64.5 Å². The van der Waals surface area contributed by atoms with Crippen molar-refractivity contribution in [3.05, 3.63) is 77.0 Å². The molecule has 1 saturated heterocycles. The molecule has 0 saturated carbocycles. The van der Waals surface area contributed by atoms with E-state index in [4.69, 9.17) is 10.00 Å². The molecular weight excluding hydrogens is 638 g/mol. The van der Waals surface area contributed by atoms with Crippen molar-refractivity contribution < 1.29 is 35.6 Å². The van der Waals surface area contributed by atoms with Gasteiger partial charge in [-0.15, -0.1) is 0 Å². The monoisotopic (exact) mass is 671 g/mol. The number of halogens is 1. The van der Waals surface area contributed by atoms with Crippen molar-refractivity contribution in [2.45, 2.75) is 28.3 Å². The van der Waals surface area contributed by atoms with Gasteiger partial charge in [-0.1, -0.05) is 12.1 Å². The molecule has 0 atom stereocenters. The predicted octanol–water partition coefficient (Wildman–Crippen LogP) is 3.20. The number of aromatic nitrogens is 1. The van der Waals surface area contributed by atoms with Gasteiger partial charge in [0, 0.05) is 65.3 Å². The third-order valence-electron chi connectivity index (χ3n) is 7.77. The molecule has 2 amide bonds. The number of hydrogen-bond acceptors (Lipinski definition) is 10. The summed E-state index contributed by atoms with van der Waals surface area (Å²) in [5.41, 5.74) is -1.59. The number of carbonyl (C=O) groups excluding carboxylic acids is 2. The first-order valence-electron chi connectivity index (χ1n) is 14.1. The lowest BCUT2D eigenvalue weighted by atomic mass is 9.85. The van der Waals surface area contributed by atoms with Crippen molar-refractivity contribution in [2.24, 2.45) is 0 Å². The van der Waals surface area contributed by atoms with Gasteiger partial charge in [0.1, 0.15) is 11.5 Å². The van der Waals surface area contributed by atoms with E-state index in [2.05, 4.69) is 10.3 Å². The number of sulfone groups is 2. The molecule has 2 aromatic carbocycles. The van der Waals surface area contributed by atoms with Gasteiger partial charge in [0.2, 0.25) is 0 Å². The highest BCUT2D eigenvalue weighted by atomic mass is 32.2. The number of pyridine rings is 1. The van der Waals surface area contributed by atoms with Crippen LogP contribution in [-0.4, -0.2) is 91.4 Å². The SMILES string of the molecule is COCCN(C)c1ccc(C(=O)Nc2cc(C(=O)N3CCC(F)(c4ccc(C#N)cc4)CC3)c(S(C)(=O)=O)cc2S(C)(=O)=O)cn1. The lowest BCUT2D eigenvalue weighted by Crippen LogP contribution is -2.43. The second-order valence-corrected chi connectivity index (χ2v) is 15.1. The van der Waals surface area contributed by atoms with Crippen LogP contribution in [0.5, 0.6) is 0 Å². The normalized spacial score (nSPS) is 14.7. The Balaban J connectivity index is 1.65. The number of amides is 2. The van der Waals surface area contributed by atoms with E-state index in [0.717, 1.165) is 24.6 Å². The first kappa shape index (κ1) is 34.5. The van der Waals surface area contributed by atoms with E-state index in [1.54, 1.807) is 20.2 Å². The fourth-order valence-electron chi connectivity index (χ4n) is 5.09. The number of alkyl halides is 1. The summed E-state index contributed by atoms with van der Waals surface area (Å²) in [5, 5.41) is 11.5. The van der Waals surface area contributed by atoms with Gasteiger partial charge in [-0.05, 0) is 42.0 Å². The van der Waals surface area contributed by atoms with E-state index in [1.165, 1.54) is 41.4 Å². The third kappa shape index (κ3) is 7.69. The number of ether oxygens (including phenoxy) is 1. The number of anilines is 2. The maximum atomic E-state index is 15.9. The topological polar surface area (TPSA) is 167 Å². The molecule has 15 heteroatoms. The van der Waals surface area contributed by atoms with Crippen molar-refractivity contribution in [3.63, 3.8) is 0 Å². The van der Waals surface area contributed by atoms with Gasteiger partial charge in [-0.2, -0.15) is 5.26 Å². The van der Waals surface area contributed by atoms with E-state index in [-0.39, 0.29) is 42.7 Å². The van der Waals surface area contributed by atoms with Gasteiger partial charge >= 0.3 is 0 Å². The summed E-state index contributed by atoms with van der Waals surface area (Å²) in [6.45, 7) is 0.882. The molecule has 0 radical (unpaired) electrons. The average Bonchev–Trinajstić information content (AvgIpc) is 3.02. The summed E-state index contributed by atoms with van der Waals surface area (Å²) in [5.74, 6) is -0.937. The van der Waals surface area contributed by atoms with E-state index in [9.17, 15) is 26.4 Å². The van der Waals surface area contributed by atoms with Crippen molar-refractivity contribution >= 4 is 43.0 Å². The maximum absolute atomic E-state index is 15.9. The highest BCUT2D eigenvalue weighted by Crippen LogP contribution is 2.38. The third-order valence-corrected chi connectivity index (χ3v) is 10.0. The molecule has 0 aliphatic carbocycles. The molecule has 244 valence electrons. The summed E-state index contributed by atoms with van der Waals surface area (Å²) in [4.78, 5) is 33.3. The van der Waals surface area contributed by atoms with Crippen LogP contribution in [0.3, 0.4) is 0 Å². The molecule has 1 aliphatic rings. The summed E-state index contributed by atoms with van der Waals surface area (Å²) < 4.78 is 72.1. The number of likely N-dealkylation sites (tertiary alicyclic amines) is 1. The van der Waals surface area contributed by atoms with Crippen LogP contribution >= 0.6 is 0 Å². The quantitative estimate of drug-likeness (QED) is 0.338. The van der Waals surface area contributed by atoms with Gasteiger partial charge in [-0.25, -0.2) is 26.2 Å². The predicted molar refractivity (Wildman–Crippen MR) is 169 cm³/mol. The van der Waals surface area contributed by atoms with Crippen molar-refractivity contribution in [1.29, 1.82) is 5.26 Å². The Bertz CT molecular complexity index is 1880. The molecule has 1 fully saturated rings. The number of hydrogen-bond donors (Lipinski definition) is 1. The first-order chi connectivity index (χ1) is 21.6. The van der Waals surface area contributed by atoms with Crippen LogP contribution in [0, 0.1) is 11.3 Å². The number of likely N-dealkylation sites (N-methyl/N-ethyl adjacent to an activating group) is 1. The highest BCUT2D eigenvalue weighted by Gasteiger charge is 2.39. The van der Waals surface area contributed by atoms with Gasteiger partial charge in [0.05, 0.1) is 44.8 Å². The molecule has 1 aliphatic heterocycles. The smallest absolute Gasteiger partial charge is 0.257 e. The lowest BCUT2D eigenvalue weighted by Gasteiger charge is -2.37. The Morgan fingerprint density at radius 3 is 2.20 bits per heavy atom. The Hall–Kier alpha value is -4.39. The summed E-state index contributed by atoms with van der Waals surface area (Å²) in [6, 6.07) is 13.0. The fraction of sp³-hybridized carbons (Fsp3) is 0.355. The first-order valence-corrected chi connectivity index (χ1v) is 17.9.